The zero-order valence-corrected chi connectivity index (χ0v) is 10.4. The van der Waals surface area contributed by atoms with Gasteiger partial charge in [-0.15, -0.1) is 0 Å². The standard InChI is InChI=1S/C13H20N2O/c1-9-5-6-12(7-10(9)2)13(16)15(4)8-11(3)14/h5-7,11H,8,14H2,1-4H3. The first-order chi connectivity index (χ1) is 7.41. The van der Waals surface area contributed by atoms with E-state index in [1.807, 2.05) is 39.0 Å². The van der Waals surface area contributed by atoms with Gasteiger partial charge in [-0.25, -0.2) is 0 Å². The molecule has 88 valence electrons. The monoisotopic (exact) mass is 220 g/mol. The number of hydrogen-bond acceptors (Lipinski definition) is 2. The maximum Gasteiger partial charge on any atom is 0.253 e. The Labute approximate surface area is 97.2 Å². The lowest BCUT2D eigenvalue weighted by Gasteiger charge is -2.19. The Morgan fingerprint density at radius 2 is 2.00 bits per heavy atom. The molecule has 1 amide bonds. The molecule has 0 spiro atoms. The minimum atomic E-state index is 0.000459. The third-order valence-electron chi connectivity index (χ3n) is 2.66. The summed E-state index contributed by atoms with van der Waals surface area (Å²) in [4.78, 5) is 13.7. The van der Waals surface area contributed by atoms with E-state index < -0.39 is 0 Å². The molecule has 1 aromatic carbocycles. The number of benzene rings is 1. The summed E-state index contributed by atoms with van der Waals surface area (Å²) in [6.07, 6.45) is 0. The first-order valence-corrected chi connectivity index (χ1v) is 5.50. The van der Waals surface area contributed by atoms with Gasteiger partial charge in [-0.2, -0.15) is 0 Å². The third kappa shape index (κ3) is 3.07. The van der Waals surface area contributed by atoms with Gasteiger partial charge in [0.2, 0.25) is 0 Å². The Kier molecular flexibility index (Phi) is 4.07. The predicted octanol–water partition coefficient (Wildman–Crippen LogP) is 1.72. The minimum absolute atomic E-state index is 0.000459. The largest absolute Gasteiger partial charge is 0.340 e. The van der Waals surface area contributed by atoms with Gasteiger partial charge in [-0.1, -0.05) is 6.07 Å². The lowest BCUT2D eigenvalue weighted by Crippen LogP contribution is -2.36. The molecule has 0 aliphatic heterocycles. The predicted molar refractivity (Wildman–Crippen MR) is 66.5 cm³/mol. The number of nitrogens with zero attached hydrogens (tertiary/aromatic N) is 1. The maximum absolute atomic E-state index is 12.0. The molecular formula is C13H20N2O. The topological polar surface area (TPSA) is 46.3 Å². The van der Waals surface area contributed by atoms with Gasteiger partial charge in [0.15, 0.2) is 0 Å². The molecule has 0 saturated heterocycles. The SMILES string of the molecule is Cc1ccc(C(=O)N(C)CC(C)N)cc1C. The van der Waals surface area contributed by atoms with Gasteiger partial charge < -0.3 is 10.6 Å². The van der Waals surface area contributed by atoms with Crippen molar-refractivity contribution in [3.8, 4) is 0 Å². The number of aryl methyl sites for hydroxylation is 2. The van der Waals surface area contributed by atoms with Crippen molar-refractivity contribution < 1.29 is 4.79 Å². The van der Waals surface area contributed by atoms with E-state index >= 15 is 0 Å². The minimum Gasteiger partial charge on any atom is -0.340 e. The highest BCUT2D eigenvalue weighted by atomic mass is 16.2. The quantitative estimate of drug-likeness (QED) is 0.843. The molecule has 0 heterocycles. The van der Waals surface area contributed by atoms with E-state index in [1.165, 1.54) is 5.56 Å². The zero-order valence-electron chi connectivity index (χ0n) is 10.4. The highest BCUT2D eigenvalue weighted by molar-refractivity contribution is 5.94. The van der Waals surface area contributed by atoms with E-state index in [0.29, 0.717) is 6.54 Å². The average Bonchev–Trinajstić information content (AvgIpc) is 2.20. The van der Waals surface area contributed by atoms with Crippen molar-refractivity contribution in [2.75, 3.05) is 13.6 Å². The van der Waals surface area contributed by atoms with E-state index in [2.05, 4.69) is 0 Å². The fraction of sp³-hybridized carbons (Fsp3) is 0.462. The number of amides is 1. The van der Waals surface area contributed by atoms with E-state index in [0.717, 1.165) is 11.1 Å². The molecule has 1 atom stereocenters. The van der Waals surface area contributed by atoms with Crippen molar-refractivity contribution in [3.05, 3.63) is 34.9 Å². The molecule has 0 saturated carbocycles. The van der Waals surface area contributed by atoms with Gasteiger partial charge in [0, 0.05) is 25.2 Å². The summed E-state index contributed by atoms with van der Waals surface area (Å²) in [5, 5.41) is 0. The van der Waals surface area contributed by atoms with Gasteiger partial charge >= 0.3 is 0 Å². The number of carbonyl (C=O) groups is 1. The molecule has 0 aliphatic rings. The lowest BCUT2D eigenvalue weighted by molar-refractivity contribution is 0.0788. The Bertz CT molecular complexity index is 386. The van der Waals surface area contributed by atoms with Crippen LogP contribution in [0.3, 0.4) is 0 Å². The van der Waals surface area contributed by atoms with Gasteiger partial charge in [-0.05, 0) is 44.0 Å². The van der Waals surface area contributed by atoms with Gasteiger partial charge in [0.25, 0.3) is 5.91 Å². The summed E-state index contributed by atoms with van der Waals surface area (Å²) in [7, 11) is 1.78. The van der Waals surface area contributed by atoms with E-state index in [4.69, 9.17) is 5.73 Å². The molecule has 0 aromatic heterocycles. The van der Waals surface area contributed by atoms with E-state index in [1.54, 1.807) is 11.9 Å². The number of carbonyl (C=O) groups excluding carboxylic acids is 1. The van der Waals surface area contributed by atoms with Crippen LogP contribution in [-0.2, 0) is 0 Å². The molecule has 1 aromatic rings. The summed E-state index contributed by atoms with van der Waals surface area (Å²) < 4.78 is 0. The summed E-state index contributed by atoms with van der Waals surface area (Å²) in [6, 6.07) is 5.76. The van der Waals surface area contributed by atoms with Crippen LogP contribution >= 0.6 is 0 Å². The fourth-order valence-electron chi connectivity index (χ4n) is 1.61. The van der Waals surface area contributed by atoms with E-state index in [-0.39, 0.29) is 11.9 Å². The highest BCUT2D eigenvalue weighted by Gasteiger charge is 2.13. The highest BCUT2D eigenvalue weighted by Crippen LogP contribution is 2.11. The van der Waals surface area contributed by atoms with Crippen LogP contribution < -0.4 is 5.73 Å². The van der Waals surface area contributed by atoms with Crippen LogP contribution in [0.5, 0.6) is 0 Å². The van der Waals surface area contributed by atoms with Crippen molar-refractivity contribution in [2.45, 2.75) is 26.8 Å². The van der Waals surface area contributed by atoms with Crippen molar-refractivity contribution in [1.29, 1.82) is 0 Å². The Morgan fingerprint density at radius 1 is 1.38 bits per heavy atom. The number of hydrogen-bond donors (Lipinski definition) is 1. The van der Waals surface area contributed by atoms with Gasteiger partial charge in [-0.3, -0.25) is 4.79 Å². The molecule has 0 fully saturated rings. The Morgan fingerprint density at radius 3 is 2.50 bits per heavy atom. The summed E-state index contributed by atoms with van der Waals surface area (Å²) >= 11 is 0. The van der Waals surface area contributed by atoms with E-state index in [9.17, 15) is 4.79 Å². The van der Waals surface area contributed by atoms with Crippen molar-refractivity contribution >= 4 is 5.91 Å². The normalized spacial score (nSPS) is 12.3. The van der Waals surface area contributed by atoms with Crippen LogP contribution in [0.1, 0.15) is 28.4 Å². The summed E-state index contributed by atoms with van der Waals surface area (Å²) in [5.74, 6) is 0.0281. The molecule has 3 nitrogen and oxygen atoms in total. The summed E-state index contributed by atoms with van der Waals surface area (Å²) in [6.45, 7) is 6.52. The molecule has 0 bridgehead atoms. The van der Waals surface area contributed by atoms with Crippen molar-refractivity contribution in [3.63, 3.8) is 0 Å². The third-order valence-corrected chi connectivity index (χ3v) is 2.66. The van der Waals surface area contributed by atoms with Crippen LogP contribution in [0.2, 0.25) is 0 Å². The Hall–Kier alpha value is -1.35. The molecule has 1 unspecified atom stereocenters. The molecule has 0 aliphatic carbocycles. The molecule has 1 rings (SSSR count). The first kappa shape index (κ1) is 12.7. The van der Waals surface area contributed by atoms with Crippen LogP contribution in [-0.4, -0.2) is 30.4 Å². The fourth-order valence-corrected chi connectivity index (χ4v) is 1.61. The molecule has 2 N–H and O–H groups in total. The van der Waals surface area contributed by atoms with Crippen LogP contribution in [0, 0.1) is 13.8 Å². The van der Waals surface area contributed by atoms with Crippen LogP contribution in [0.4, 0.5) is 0 Å². The van der Waals surface area contributed by atoms with Crippen molar-refractivity contribution in [2.24, 2.45) is 5.73 Å². The first-order valence-electron chi connectivity index (χ1n) is 5.50. The Balaban J connectivity index is 2.84. The number of nitrogens with two attached hydrogens (primary N) is 1. The zero-order chi connectivity index (χ0) is 12.3. The van der Waals surface area contributed by atoms with Gasteiger partial charge in [0.05, 0.1) is 0 Å². The maximum atomic E-state index is 12.0. The second-order valence-electron chi connectivity index (χ2n) is 4.46. The second-order valence-corrected chi connectivity index (χ2v) is 4.46. The second kappa shape index (κ2) is 5.12. The van der Waals surface area contributed by atoms with Crippen LogP contribution in [0.15, 0.2) is 18.2 Å². The smallest absolute Gasteiger partial charge is 0.253 e. The van der Waals surface area contributed by atoms with Crippen LogP contribution in [0.25, 0.3) is 0 Å². The molecular weight excluding hydrogens is 200 g/mol. The molecule has 16 heavy (non-hydrogen) atoms. The molecule has 3 heteroatoms. The van der Waals surface area contributed by atoms with Gasteiger partial charge in [0.1, 0.15) is 0 Å². The molecule has 0 radical (unpaired) electrons. The number of rotatable bonds is 3. The summed E-state index contributed by atoms with van der Waals surface area (Å²) in [5.41, 5.74) is 8.74. The lowest BCUT2D eigenvalue weighted by atomic mass is 10.1. The van der Waals surface area contributed by atoms with Crippen molar-refractivity contribution in [1.82, 2.24) is 4.90 Å². The average molecular weight is 220 g/mol. The number of likely N-dealkylation sites (N-methyl/N-ethyl adjacent to an activating group) is 1.